The lowest BCUT2D eigenvalue weighted by Crippen LogP contribution is -2.29. The van der Waals surface area contributed by atoms with Gasteiger partial charge in [-0.1, -0.05) is 30.3 Å². The van der Waals surface area contributed by atoms with Gasteiger partial charge in [0.15, 0.2) is 0 Å². The van der Waals surface area contributed by atoms with Crippen molar-refractivity contribution in [3.05, 3.63) is 94.1 Å². The zero-order valence-corrected chi connectivity index (χ0v) is 19.9. The molecule has 0 spiro atoms. The van der Waals surface area contributed by atoms with Gasteiger partial charge < -0.3 is 19.9 Å². The number of aromatic nitrogens is 1. The van der Waals surface area contributed by atoms with Crippen molar-refractivity contribution in [2.24, 2.45) is 0 Å². The number of halogens is 1. The summed E-state index contributed by atoms with van der Waals surface area (Å²) in [7, 11) is 5.64. The number of anilines is 1. The number of aromatic amines is 1. The molecule has 0 aliphatic rings. The van der Waals surface area contributed by atoms with Crippen molar-refractivity contribution in [3.63, 3.8) is 0 Å². The van der Waals surface area contributed by atoms with E-state index >= 15 is 0 Å². The lowest BCUT2D eigenvalue weighted by atomic mass is 9.90. The molecule has 0 bridgehead atoms. The van der Waals surface area contributed by atoms with Crippen molar-refractivity contribution in [1.29, 1.82) is 0 Å². The van der Waals surface area contributed by atoms with Gasteiger partial charge in [-0.2, -0.15) is 0 Å². The third-order valence-electron chi connectivity index (χ3n) is 5.69. The summed E-state index contributed by atoms with van der Waals surface area (Å²) >= 11 is 3.48. The van der Waals surface area contributed by atoms with Crippen molar-refractivity contribution >= 4 is 38.4 Å². The molecule has 1 atom stereocenters. The van der Waals surface area contributed by atoms with E-state index in [4.69, 9.17) is 4.74 Å². The zero-order valence-electron chi connectivity index (χ0n) is 18.4. The Morgan fingerprint density at radius 3 is 2.56 bits per heavy atom. The normalized spacial score (nSPS) is 11.9. The standard InChI is InChI=1S/C26H26BrN3O2/c1-30(2)18-10-8-17(9-11-18)22(23-16-28-25-7-5-4-6-20(23)25)15-29-26(31)21-14-19(32-3)12-13-24(21)27/h4-14,16,22,28H,15H2,1-3H3,(H,29,31)/t22-/m0/s1. The number of carbonyl (C=O) groups is 1. The molecular formula is C26H26BrN3O2. The molecule has 1 aromatic heterocycles. The highest BCUT2D eigenvalue weighted by molar-refractivity contribution is 9.10. The number of methoxy groups -OCH3 is 1. The minimum Gasteiger partial charge on any atom is -0.497 e. The molecule has 0 unspecified atom stereocenters. The third kappa shape index (κ3) is 4.50. The van der Waals surface area contributed by atoms with E-state index in [9.17, 15) is 4.79 Å². The highest BCUT2D eigenvalue weighted by atomic mass is 79.9. The first-order valence-electron chi connectivity index (χ1n) is 10.4. The number of fused-ring (bicyclic) bond motifs is 1. The largest absolute Gasteiger partial charge is 0.497 e. The van der Waals surface area contributed by atoms with Crippen LogP contribution in [0.3, 0.4) is 0 Å². The number of hydrogen-bond donors (Lipinski definition) is 2. The lowest BCUT2D eigenvalue weighted by Gasteiger charge is -2.20. The molecule has 0 aliphatic heterocycles. The Kier molecular flexibility index (Phi) is 6.51. The molecule has 0 saturated heterocycles. The summed E-state index contributed by atoms with van der Waals surface area (Å²) in [6.07, 6.45) is 2.04. The van der Waals surface area contributed by atoms with E-state index in [0.717, 1.165) is 32.2 Å². The predicted octanol–water partition coefficient (Wildman–Crippen LogP) is 5.57. The molecule has 164 valence electrons. The second-order valence-corrected chi connectivity index (χ2v) is 8.74. The quantitative estimate of drug-likeness (QED) is 0.355. The molecule has 0 fully saturated rings. The Balaban J connectivity index is 1.66. The first kappa shape index (κ1) is 22.0. The number of ether oxygens (including phenoxy) is 1. The first-order valence-corrected chi connectivity index (χ1v) is 11.2. The van der Waals surface area contributed by atoms with E-state index in [2.05, 4.69) is 67.5 Å². The summed E-state index contributed by atoms with van der Waals surface area (Å²) in [6, 6.07) is 22.1. The van der Waals surface area contributed by atoms with E-state index in [-0.39, 0.29) is 11.8 Å². The highest BCUT2D eigenvalue weighted by Gasteiger charge is 2.20. The Bertz CT molecular complexity index is 1230. The van der Waals surface area contributed by atoms with Crippen molar-refractivity contribution < 1.29 is 9.53 Å². The minimum absolute atomic E-state index is 0.00399. The fraction of sp³-hybridized carbons (Fsp3) is 0.192. The zero-order chi connectivity index (χ0) is 22.7. The maximum absolute atomic E-state index is 13.0. The van der Waals surface area contributed by atoms with Crippen molar-refractivity contribution in [3.8, 4) is 5.75 Å². The van der Waals surface area contributed by atoms with Crippen LogP contribution >= 0.6 is 15.9 Å². The van der Waals surface area contributed by atoms with E-state index in [0.29, 0.717) is 17.9 Å². The molecule has 4 rings (SSSR count). The van der Waals surface area contributed by atoms with Crippen molar-refractivity contribution in [2.45, 2.75) is 5.92 Å². The molecule has 5 nitrogen and oxygen atoms in total. The van der Waals surface area contributed by atoms with E-state index in [1.165, 1.54) is 0 Å². The number of para-hydroxylation sites is 1. The van der Waals surface area contributed by atoms with Crippen LogP contribution in [0.1, 0.15) is 27.4 Å². The molecule has 1 heterocycles. The number of benzene rings is 3. The van der Waals surface area contributed by atoms with Crippen LogP contribution in [0.4, 0.5) is 5.69 Å². The molecule has 32 heavy (non-hydrogen) atoms. The second kappa shape index (κ2) is 9.49. The summed E-state index contributed by atoms with van der Waals surface area (Å²) in [6.45, 7) is 0.464. The number of amides is 1. The number of carbonyl (C=O) groups excluding carboxylic acids is 1. The molecule has 3 aromatic carbocycles. The lowest BCUT2D eigenvalue weighted by molar-refractivity contribution is 0.0951. The van der Waals surface area contributed by atoms with Crippen LogP contribution in [0, 0.1) is 0 Å². The monoisotopic (exact) mass is 491 g/mol. The topological polar surface area (TPSA) is 57.4 Å². The van der Waals surface area contributed by atoms with Crippen LogP contribution in [-0.4, -0.2) is 38.6 Å². The van der Waals surface area contributed by atoms with Gasteiger partial charge in [0.2, 0.25) is 0 Å². The molecule has 6 heteroatoms. The Morgan fingerprint density at radius 1 is 1.09 bits per heavy atom. The maximum atomic E-state index is 13.0. The first-order chi connectivity index (χ1) is 15.5. The van der Waals surface area contributed by atoms with Gasteiger partial charge >= 0.3 is 0 Å². The van der Waals surface area contributed by atoms with Gasteiger partial charge in [-0.3, -0.25) is 4.79 Å². The average Bonchev–Trinajstić information content (AvgIpc) is 3.24. The van der Waals surface area contributed by atoms with Gasteiger partial charge in [-0.15, -0.1) is 0 Å². The number of rotatable bonds is 7. The Morgan fingerprint density at radius 2 is 1.84 bits per heavy atom. The molecule has 4 aromatic rings. The summed E-state index contributed by atoms with van der Waals surface area (Å²) in [5.41, 5.74) is 5.06. The van der Waals surface area contributed by atoms with Crippen LogP contribution in [0.2, 0.25) is 0 Å². The summed E-state index contributed by atoms with van der Waals surface area (Å²) in [5.74, 6) is 0.493. The Labute approximate surface area is 196 Å². The van der Waals surface area contributed by atoms with Gasteiger partial charge in [0, 0.05) is 53.8 Å². The molecular weight excluding hydrogens is 466 g/mol. The smallest absolute Gasteiger partial charge is 0.252 e. The highest BCUT2D eigenvalue weighted by Crippen LogP contribution is 2.32. The van der Waals surface area contributed by atoms with Gasteiger partial charge in [0.1, 0.15) is 5.75 Å². The fourth-order valence-corrected chi connectivity index (χ4v) is 4.32. The van der Waals surface area contributed by atoms with Crippen LogP contribution in [0.5, 0.6) is 5.75 Å². The third-order valence-corrected chi connectivity index (χ3v) is 6.38. The fourth-order valence-electron chi connectivity index (χ4n) is 3.89. The molecule has 1 amide bonds. The van der Waals surface area contributed by atoms with Gasteiger partial charge in [0.05, 0.1) is 12.7 Å². The number of nitrogens with one attached hydrogen (secondary N) is 2. The van der Waals surface area contributed by atoms with Crippen LogP contribution < -0.4 is 15.0 Å². The number of nitrogens with zero attached hydrogens (tertiary/aromatic N) is 1. The van der Waals surface area contributed by atoms with E-state index in [1.54, 1.807) is 13.2 Å². The number of hydrogen-bond acceptors (Lipinski definition) is 3. The molecule has 0 saturated carbocycles. The van der Waals surface area contributed by atoms with Crippen molar-refractivity contribution in [1.82, 2.24) is 10.3 Å². The van der Waals surface area contributed by atoms with Gasteiger partial charge in [0.25, 0.3) is 5.91 Å². The average molecular weight is 492 g/mol. The predicted molar refractivity (Wildman–Crippen MR) is 134 cm³/mol. The molecule has 2 N–H and O–H groups in total. The summed E-state index contributed by atoms with van der Waals surface area (Å²) in [5, 5.41) is 4.29. The SMILES string of the molecule is COc1ccc(Br)c(C(=O)NC[C@@H](c2ccc(N(C)C)cc2)c2c[nH]c3ccccc23)c1. The Hall–Kier alpha value is -3.25. The van der Waals surface area contributed by atoms with E-state index < -0.39 is 0 Å². The summed E-state index contributed by atoms with van der Waals surface area (Å²) in [4.78, 5) is 18.5. The number of H-pyrrole nitrogens is 1. The van der Waals surface area contributed by atoms with Gasteiger partial charge in [-0.25, -0.2) is 0 Å². The van der Waals surface area contributed by atoms with Gasteiger partial charge in [-0.05, 0) is 63.5 Å². The van der Waals surface area contributed by atoms with Crippen LogP contribution in [0.25, 0.3) is 10.9 Å². The second-order valence-electron chi connectivity index (χ2n) is 7.88. The van der Waals surface area contributed by atoms with E-state index in [1.807, 2.05) is 44.6 Å². The molecule has 0 aliphatic carbocycles. The van der Waals surface area contributed by atoms with Crippen LogP contribution in [-0.2, 0) is 0 Å². The minimum atomic E-state index is -0.148. The van der Waals surface area contributed by atoms with Crippen molar-refractivity contribution in [2.75, 3.05) is 32.6 Å². The maximum Gasteiger partial charge on any atom is 0.252 e. The molecule has 0 radical (unpaired) electrons. The van der Waals surface area contributed by atoms with Crippen LogP contribution in [0.15, 0.2) is 77.4 Å². The summed E-state index contributed by atoms with van der Waals surface area (Å²) < 4.78 is 6.01.